The predicted molar refractivity (Wildman–Crippen MR) is 120 cm³/mol. The number of methoxy groups -OCH3 is 1. The van der Waals surface area contributed by atoms with E-state index in [4.69, 9.17) is 4.74 Å². The van der Waals surface area contributed by atoms with Crippen molar-refractivity contribution < 1.29 is 9.53 Å². The van der Waals surface area contributed by atoms with E-state index in [2.05, 4.69) is 5.32 Å². The number of ether oxygens (including phenoxy) is 1. The molecule has 0 spiro atoms. The number of carbonyl (C=O) groups excluding carboxylic acids is 1. The van der Waals surface area contributed by atoms with Crippen LogP contribution in [0.2, 0.25) is 0 Å². The molecule has 3 aromatic carbocycles. The van der Waals surface area contributed by atoms with E-state index in [1.54, 1.807) is 54.6 Å². The van der Waals surface area contributed by atoms with E-state index in [9.17, 15) is 14.4 Å². The summed E-state index contributed by atoms with van der Waals surface area (Å²) in [5, 5.41) is 3.16. The molecule has 0 aliphatic heterocycles. The molecule has 0 atom stereocenters. The maximum atomic E-state index is 13.3. The fourth-order valence-corrected chi connectivity index (χ4v) is 3.50. The summed E-state index contributed by atoms with van der Waals surface area (Å²) in [6.07, 6.45) is 0. The number of nitrogens with zero attached hydrogens (tertiary/aromatic N) is 2. The Kier molecular flexibility index (Phi) is 5.41. The number of para-hydroxylation sites is 1. The lowest BCUT2D eigenvalue weighted by Gasteiger charge is -2.14. The van der Waals surface area contributed by atoms with Crippen LogP contribution in [0.15, 0.2) is 82.4 Å². The van der Waals surface area contributed by atoms with Gasteiger partial charge in [0, 0.05) is 5.69 Å². The van der Waals surface area contributed by atoms with Crippen LogP contribution in [0.25, 0.3) is 16.6 Å². The first kappa shape index (κ1) is 20.2. The molecule has 0 fully saturated rings. The molecule has 0 radical (unpaired) electrons. The Hall–Kier alpha value is -4.13. The second-order valence-electron chi connectivity index (χ2n) is 7.14. The van der Waals surface area contributed by atoms with E-state index in [0.29, 0.717) is 28.0 Å². The maximum absolute atomic E-state index is 13.3. The Morgan fingerprint density at radius 3 is 2.42 bits per heavy atom. The highest BCUT2D eigenvalue weighted by Crippen LogP contribution is 2.15. The monoisotopic (exact) mass is 415 g/mol. The molecule has 4 aromatic rings. The van der Waals surface area contributed by atoms with Gasteiger partial charge in [0.1, 0.15) is 12.3 Å². The predicted octanol–water partition coefficient (Wildman–Crippen LogP) is 3.11. The number of fused-ring (bicyclic) bond motifs is 1. The normalized spacial score (nSPS) is 10.8. The standard InChI is InChI=1S/C24H21N3O4/c1-16-6-5-7-17(14-16)25-22(28)15-26-21-9-4-3-8-20(21)23(29)27(24(26)30)18-10-12-19(31-2)13-11-18/h3-14H,15H2,1-2H3,(H,25,28). The summed E-state index contributed by atoms with van der Waals surface area (Å²) in [5.74, 6) is 0.244. The molecule has 7 nitrogen and oxygen atoms in total. The van der Waals surface area contributed by atoms with Crippen molar-refractivity contribution in [2.24, 2.45) is 0 Å². The summed E-state index contributed by atoms with van der Waals surface area (Å²) in [6.45, 7) is 1.70. The van der Waals surface area contributed by atoms with Gasteiger partial charge in [-0.2, -0.15) is 0 Å². The minimum Gasteiger partial charge on any atom is -0.497 e. The van der Waals surface area contributed by atoms with Crippen LogP contribution in [-0.4, -0.2) is 22.2 Å². The average molecular weight is 415 g/mol. The third kappa shape index (κ3) is 3.98. The summed E-state index contributed by atoms with van der Waals surface area (Å²) < 4.78 is 7.54. The number of amides is 1. The highest BCUT2D eigenvalue weighted by atomic mass is 16.5. The van der Waals surface area contributed by atoms with Crippen LogP contribution in [0.4, 0.5) is 5.69 Å². The second-order valence-corrected chi connectivity index (χ2v) is 7.14. The highest BCUT2D eigenvalue weighted by molar-refractivity contribution is 5.91. The SMILES string of the molecule is COc1ccc(-n2c(=O)c3ccccc3n(CC(=O)Nc3cccc(C)c3)c2=O)cc1. The number of hydrogen-bond donors (Lipinski definition) is 1. The fourth-order valence-electron chi connectivity index (χ4n) is 3.50. The lowest BCUT2D eigenvalue weighted by atomic mass is 10.2. The first-order valence-corrected chi connectivity index (χ1v) is 9.73. The van der Waals surface area contributed by atoms with Crippen LogP contribution in [0.5, 0.6) is 5.75 Å². The lowest BCUT2D eigenvalue weighted by molar-refractivity contribution is -0.116. The summed E-state index contributed by atoms with van der Waals surface area (Å²) in [7, 11) is 1.54. The van der Waals surface area contributed by atoms with Crippen molar-refractivity contribution in [3.8, 4) is 11.4 Å². The summed E-state index contributed by atoms with van der Waals surface area (Å²) in [5.41, 5.74) is 1.42. The largest absolute Gasteiger partial charge is 0.497 e. The van der Waals surface area contributed by atoms with E-state index in [-0.39, 0.29) is 12.5 Å². The second kappa shape index (κ2) is 8.31. The Bertz CT molecular complexity index is 1380. The Morgan fingerprint density at radius 1 is 0.968 bits per heavy atom. The number of aromatic nitrogens is 2. The fraction of sp³-hybridized carbons (Fsp3) is 0.125. The van der Waals surface area contributed by atoms with Crippen molar-refractivity contribution in [1.82, 2.24) is 9.13 Å². The summed E-state index contributed by atoms with van der Waals surface area (Å²) in [6, 6.07) is 20.8. The molecule has 1 heterocycles. The van der Waals surface area contributed by atoms with Gasteiger partial charge in [-0.25, -0.2) is 9.36 Å². The molecule has 0 saturated carbocycles. The van der Waals surface area contributed by atoms with Crippen LogP contribution < -0.4 is 21.3 Å². The molecule has 4 rings (SSSR count). The van der Waals surface area contributed by atoms with Crippen molar-refractivity contribution >= 4 is 22.5 Å². The topological polar surface area (TPSA) is 82.3 Å². The zero-order chi connectivity index (χ0) is 22.0. The smallest absolute Gasteiger partial charge is 0.336 e. The summed E-state index contributed by atoms with van der Waals surface area (Å²) in [4.78, 5) is 39.1. The third-order valence-corrected chi connectivity index (χ3v) is 4.98. The molecule has 1 amide bonds. The molecule has 156 valence electrons. The lowest BCUT2D eigenvalue weighted by Crippen LogP contribution is -2.40. The van der Waals surface area contributed by atoms with E-state index in [0.717, 1.165) is 10.1 Å². The van der Waals surface area contributed by atoms with E-state index in [1.165, 1.54) is 11.7 Å². The minimum absolute atomic E-state index is 0.232. The number of nitrogens with one attached hydrogen (secondary N) is 1. The number of anilines is 1. The third-order valence-electron chi connectivity index (χ3n) is 4.98. The molecule has 7 heteroatoms. The van der Waals surface area contributed by atoms with E-state index < -0.39 is 11.2 Å². The average Bonchev–Trinajstić information content (AvgIpc) is 2.77. The van der Waals surface area contributed by atoms with Crippen LogP contribution >= 0.6 is 0 Å². The van der Waals surface area contributed by atoms with Gasteiger partial charge in [0.25, 0.3) is 5.56 Å². The van der Waals surface area contributed by atoms with Gasteiger partial charge in [-0.3, -0.25) is 14.2 Å². The van der Waals surface area contributed by atoms with Crippen LogP contribution in [0, 0.1) is 6.92 Å². The van der Waals surface area contributed by atoms with Gasteiger partial charge in [0.05, 0.1) is 23.7 Å². The Morgan fingerprint density at radius 2 is 1.71 bits per heavy atom. The zero-order valence-corrected chi connectivity index (χ0v) is 17.2. The zero-order valence-electron chi connectivity index (χ0n) is 17.2. The first-order valence-electron chi connectivity index (χ1n) is 9.73. The van der Waals surface area contributed by atoms with Gasteiger partial charge in [0.15, 0.2) is 0 Å². The molecule has 0 aliphatic rings. The van der Waals surface area contributed by atoms with Crippen molar-refractivity contribution in [3.63, 3.8) is 0 Å². The molecule has 0 saturated heterocycles. The molecule has 0 unspecified atom stereocenters. The molecule has 1 aromatic heterocycles. The summed E-state index contributed by atoms with van der Waals surface area (Å²) >= 11 is 0. The van der Waals surface area contributed by atoms with E-state index in [1.807, 2.05) is 25.1 Å². The Balaban J connectivity index is 1.81. The van der Waals surface area contributed by atoms with Crippen LogP contribution in [-0.2, 0) is 11.3 Å². The molecular weight excluding hydrogens is 394 g/mol. The number of aryl methyl sites for hydroxylation is 1. The molecular formula is C24H21N3O4. The number of hydrogen-bond acceptors (Lipinski definition) is 4. The quantitative estimate of drug-likeness (QED) is 0.543. The van der Waals surface area contributed by atoms with E-state index >= 15 is 0 Å². The molecule has 0 aliphatic carbocycles. The van der Waals surface area contributed by atoms with Crippen molar-refractivity contribution in [3.05, 3.63) is 99.2 Å². The first-order chi connectivity index (χ1) is 15.0. The van der Waals surface area contributed by atoms with Gasteiger partial charge >= 0.3 is 5.69 Å². The molecule has 0 bridgehead atoms. The number of rotatable bonds is 5. The van der Waals surface area contributed by atoms with Gasteiger partial charge in [-0.15, -0.1) is 0 Å². The van der Waals surface area contributed by atoms with Gasteiger partial charge < -0.3 is 10.1 Å². The van der Waals surface area contributed by atoms with Gasteiger partial charge in [-0.1, -0.05) is 24.3 Å². The van der Waals surface area contributed by atoms with Crippen molar-refractivity contribution in [1.29, 1.82) is 0 Å². The van der Waals surface area contributed by atoms with Crippen molar-refractivity contribution in [2.45, 2.75) is 13.5 Å². The molecule has 1 N–H and O–H groups in total. The van der Waals surface area contributed by atoms with Gasteiger partial charge in [-0.05, 0) is 61.0 Å². The maximum Gasteiger partial charge on any atom is 0.336 e. The minimum atomic E-state index is -0.590. The van der Waals surface area contributed by atoms with Crippen LogP contribution in [0.1, 0.15) is 5.56 Å². The van der Waals surface area contributed by atoms with Gasteiger partial charge in [0.2, 0.25) is 5.91 Å². The number of benzene rings is 3. The highest BCUT2D eigenvalue weighted by Gasteiger charge is 2.16. The van der Waals surface area contributed by atoms with Crippen LogP contribution in [0.3, 0.4) is 0 Å². The van der Waals surface area contributed by atoms with Crippen molar-refractivity contribution in [2.75, 3.05) is 12.4 Å². The number of carbonyl (C=O) groups is 1. The molecule has 31 heavy (non-hydrogen) atoms. The Labute approximate surface area is 178 Å².